The van der Waals surface area contributed by atoms with Gasteiger partial charge in [0.25, 0.3) is 0 Å². The maximum Gasteiger partial charge on any atom is 0.0352 e. The predicted octanol–water partition coefficient (Wildman–Crippen LogP) is 3.16. The summed E-state index contributed by atoms with van der Waals surface area (Å²) >= 11 is 0. The van der Waals surface area contributed by atoms with Gasteiger partial charge in [0.1, 0.15) is 0 Å². The molecule has 0 unspecified atom stereocenters. The number of nitrogens with two attached hydrogens (primary N) is 1. The van der Waals surface area contributed by atoms with Crippen molar-refractivity contribution in [3.63, 3.8) is 0 Å². The van der Waals surface area contributed by atoms with E-state index in [-0.39, 0.29) is 0 Å². The third kappa shape index (κ3) is 1.85. The maximum absolute atomic E-state index is 5.93. The van der Waals surface area contributed by atoms with Gasteiger partial charge >= 0.3 is 0 Å². The Morgan fingerprint density at radius 2 is 1.62 bits per heavy atom. The highest BCUT2D eigenvalue weighted by Gasteiger charge is 2.17. The van der Waals surface area contributed by atoms with Crippen molar-refractivity contribution in [2.24, 2.45) is 0 Å². The Kier molecular flexibility index (Phi) is 2.53. The van der Waals surface area contributed by atoms with Crippen LogP contribution >= 0.6 is 0 Å². The quantitative estimate of drug-likeness (QED) is 0.650. The zero-order chi connectivity index (χ0) is 9.10. The van der Waals surface area contributed by atoms with Gasteiger partial charge in [-0.3, -0.25) is 0 Å². The van der Waals surface area contributed by atoms with Crippen molar-refractivity contribution in [1.82, 2.24) is 0 Å². The minimum atomic E-state index is 0.944. The molecular weight excluding hydrogens is 158 g/mol. The molecule has 1 aliphatic carbocycles. The third-order valence-electron chi connectivity index (χ3n) is 2.80. The highest BCUT2D eigenvalue weighted by atomic mass is 14.6. The Balaban J connectivity index is 2.18. The van der Waals surface area contributed by atoms with Crippen LogP contribution in [0.2, 0.25) is 0 Å². The molecule has 0 bridgehead atoms. The number of anilines is 1. The molecule has 2 N–H and O–H groups in total. The maximum atomic E-state index is 5.93. The monoisotopic (exact) mass is 174 g/mol. The lowest BCUT2D eigenvalue weighted by Crippen LogP contribution is -2.07. The first kappa shape index (κ1) is 8.61. The van der Waals surface area contributed by atoms with Crippen molar-refractivity contribution in [3.8, 4) is 0 Å². The third-order valence-corrected chi connectivity index (χ3v) is 2.80. The Morgan fingerprint density at radius 1 is 0.923 bits per heavy atom. The molecular formula is C12H16N. The molecule has 1 saturated carbocycles. The zero-order valence-corrected chi connectivity index (χ0v) is 7.92. The second-order valence-corrected chi connectivity index (χ2v) is 3.75. The van der Waals surface area contributed by atoms with Crippen LogP contribution < -0.4 is 5.73 Å². The summed E-state index contributed by atoms with van der Waals surface area (Å²) in [5.74, 6) is 1.56. The molecule has 1 heteroatoms. The summed E-state index contributed by atoms with van der Waals surface area (Å²) in [4.78, 5) is 0. The van der Waals surface area contributed by atoms with Gasteiger partial charge in [0.2, 0.25) is 0 Å². The van der Waals surface area contributed by atoms with Crippen LogP contribution in [0.5, 0.6) is 0 Å². The summed E-state index contributed by atoms with van der Waals surface area (Å²) in [5.41, 5.74) is 8.17. The Morgan fingerprint density at radius 3 is 2.31 bits per heavy atom. The van der Waals surface area contributed by atoms with Crippen molar-refractivity contribution in [1.29, 1.82) is 0 Å². The lowest BCUT2D eigenvalue weighted by molar-refractivity contribution is 0.552. The number of hydrogen-bond acceptors (Lipinski definition) is 1. The van der Waals surface area contributed by atoms with Gasteiger partial charge in [-0.15, -0.1) is 0 Å². The van der Waals surface area contributed by atoms with Crippen LogP contribution in [0.3, 0.4) is 0 Å². The van der Waals surface area contributed by atoms with Crippen LogP contribution in [0, 0.1) is 5.92 Å². The molecule has 13 heavy (non-hydrogen) atoms. The standard InChI is InChI=1S/C12H16N/c13-12-9-5-4-8-11(12)10-6-2-1-3-7-10/h4-5,8-9H,1-3,6-7,13H2. The number of nitrogen functional groups attached to an aromatic ring is 1. The SMILES string of the molecule is Nc1ccccc1[C]1CCCCC1. The van der Waals surface area contributed by atoms with Gasteiger partial charge in [-0.2, -0.15) is 0 Å². The molecule has 1 aromatic rings. The molecule has 69 valence electrons. The van der Waals surface area contributed by atoms with Gasteiger partial charge in [0, 0.05) is 11.6 Å². The molecule has 0 atom stereocenters. The van der Waals surface area contributed by atoms with Crippen molar-refractivity contribution < 1.29 is 0 Å². The summed E-state index contributed by atoms with van der Waals surface area (Å²) in [5, 5.41) is 0. The normalized spacial score (nSPS) is 18.8. The van der Waals surface area contributed by atoms with Gasteiger partial charge in [-0.1, -0.05) is 37.5 Å². The van der Waals surface area contributed by atoms with Crippen LogP contribution in [-0.2, 0) is 0 Å². The first-order valence-electron chi connectivity index (χ1n) is 5.07. The van der Waals surface area contributed by atoms with Crippen molar-refractivity contribution in [2.45, 2.75) is 32.1 Å². The molecule has 0 saturated heterocycles. The van der Waals surface area contributed by atoms with E-state index in [0.29, 0.717) is 0 Å². The van der Waals surface area contributed by atoms with Crippen molar-refractivity contribution >= 4 is 5.69 Å². The molecule has 1 nitrogen and oxygen atoms in total. The average molecular weight is 174 g/mol. The summed E-state index contributed by atoms with van der Waals surface area (Å²) in [7, 11) is 0. The Hall–Kier alpha value is -0.980. The zero-order valence-electron chi connectivity index (χ0n) is 7.92. The van der Waals surface area contributed by atoms with Gasteiger partial charge in [0.05, 0.1) is 0 Å². The number of para-hydroxylation sites is 1. The van der Waals surface area contributed by atoms with Gasteiger partial charge in [-0.25, -0.2) is 0 Å². The molecule has 0 spiro atoms. The van der Waals surface area contributed by atoms with E-state index < -0.39 is 0 Å². The summed E-state index contributed by atoms with van der Waals surface area (Å²) < 4.78 is 0. The molecule has 2 rings (SSSR count). The van der Waals surface area contributed by atoms with Gasteiger partial charge in [0.15, 0.2) is 0 Å². The molecule has 0 aromatic heterocycles. The fourth-order valence-corrected chi connectivity index (χ4v) is 2.07. The van der Waals surface area contributed by atoms with E-state index in [0.717, 1.165) is 5.69 Å². The summed E-state index contributed by atoms with van der Waals surface area (Å²) in [6.45, 7) is 0. The molecule has 1 fully saturated rings. The predicted molar refractivity (Wildman–Crippen MR) is 56.3 cm³/mol. The molecule has 0 heterocycles. The smallest absolute Gasteiger partial charge is 0.0352 e. The van der Waals surface area contributed by atoms with E-state index in [4.69, 9.17) is 5.73 Å². The van der Waals surface area contributed by atoms with E-state index in [1.165, 1.54) is 37.7 Å². The average Bonchev–Trinajstić information content (AvgIpc) is 2.20. The minimum absolute atomic E-state index is 0.944. The van der Waals surface area contributed by atoms with Crippen LogP contribution in [-0.4, -0.2) is 0 Å². The van der Waals surface area contributed by atoms with E-state index >= 15 is 0 Å². The van der Waals surface area contributed by atoms with Crippen LogP contribution in [0.1, 0.15) is 37.7 Å². The lowest BCUT2D eigenvalue weighted by Gasteiger charge is -2.22. The molecule has 0 amide bonds. The molecule has 1 radical (unpaired) electrons. The van der Waals surface area contributed by atoms with Gasteiger partial charge < -0.3 is 5.73 Å². The molecule has 0 aliphatic heterocycles. The lowest BCUT2D eigenvalue weighted by atomic mass is 9.83. The largest absolute Gasteiger partial charge is 0.398 e. The van der Waals surface area contributed by atoms with E-state index in [1.54, 1.807) is 5.92 Å². The summed E-state index contributed by atoms with van der Waals surface area (Å²) in [6.07, 6.45) is 6.55. The molecule has 1 aliphatic rings. The molecule has 1 aromatic carbocycles. The Labute approximate surface area is 80.0 Å². The van der Waals surface area contributed by atoms with Crippen molar-refractivity contribution in [2.75, 3.05) is 5.73 Å². The van der Waals surface area contributed by atoms with Crippen molar-refractivity contribution in [3.05, 3.63) is 35.7 Å². The first-order chi connectivity index (χ1) is 6.38. The number of benzene rings is 1. The van der Waals surface area contributed by atoms with E-state index in [1.807, 2.05) is 12.1 Å². The first-order valence-corrected chi connectivity index (χ1v) is 5.07. The van der Waals surface area contributed by atoms with E-state index in [9.17, 15) is 0 Å². The van der Waals surface area contributed by atoms with Crippen LogP contribution in [0.15, 0.2) is 24.3 Å². The number of rotatable bonds is 1. The fraction of sp³-hybridized carbons (Fsp3) is 0.417. The minimum Gasteiger partial charge on any atom is -0.398 e. The topological polar surface area (TPSA) is 26.0 Å². The Bertz CT molecular complexity index is 274. The highest BCUT2D eigenvalue weighted by Crippen LogP contribution is 2.34. The summed E-state index contributed by atoms with van der Waals surface area (Å²) in [6, 6.07) is 8.22. The van der Waals surface area contributed by atoms with Gasteiger partial charge in [-0.05, 0) is 24.5 Å². The van der Waals surface area contributed by atoms with Crippen LogP contribution in [0.4, 0.5) is 5.69 Å². The fourth-order valence-electron chi connectivity index (χ4n) is 2.07. The highest BCUT2D eigenvalue weighted by molar-refractivity contribution is 5.53. The second kappa shape index (κ2) is 3.82. The second-order valence-electron chi connectivity index (χ2n) is 3.75. The van der Waals surface area contributed by atoms with Crippen LogP contribution in [0.25, 0.3) is 0 Å². The number of hydrogen-bond donors (Lipinski definition) is 1. The van der Waals surface area contributed by atoms with E-state index in [2.05, 4.69) is 12.1 Å².